The highest BCUT2D eigenvalue weighted by molar-refractivity contribution is 7.13. The molecule has 216 valence electrons. The molecule has 0 bridgehead atoms. The number of amides is 2. The van der Waals surface area contributed by atoms with Crippen LogP contribution in [0.15, 0.2) is 41.9 Å². The predicted molar refractivity (Wildman–Crippen MR) is 163 cm³/mol. The number of rotatable bonds is 10. The Morgan fingerprint density at radius 1 is 1.26 bits per heavy atom. The van der Waals surface area contributed by atoms with Gasteiger partial charge in [-0.25, -0.2) is 4.98 Å². The molecule has 0 spiro atoms. The fourth-order valence-corrected chi connectivity index (χ4v) is 5.85. The van der Waals surface area contributed by atoms with Crippen LogP contribution >= 0.6 is 11.3 Å². The second-order valence-corrected chi connectivity index (χ2v) is 12.7. The maximum absolute atomic E-state index is 13.1. The van der Waals surface area contributed by atoms with Crippen LogP contribution in [0.4, 0.5) is 0 Å². The summed E-state index contributed by atoms with van der Waals surface area (Å²) in [7, 11) is 1.80. The van der Waals surface area contributed by atoms with Gasteiger partial charge < -0.3 is 21.3 Å². The van der Waals surface area contributed by atoms with Gasteiger partial charge in [-0.1, -0.05) is 57.5 Å². The van der Waals surface area contributed by atoms with Crippen LogP contribution in [0.3, 0.4) is 0 Å². The van der Waals surface area contributed by atoms with E-state index in [1.54, 1.807) is 23.3 Å². The third kappa shape index (κ3) is 9.85. The summed E-state index contributed by atoms with van der Waals surface area (Å²) in [6.45, 7) is 18.1. The molecule has 1 aromatic heterocycles. The van der Waals surface area contributed by atoms with Crippen LogP contribution in [0.1, 0.15) is 71.6 Å². The number of aryl methyl sites for hydroxylation is 1. The fourth-order valence-electron chi connectivity index (χ4n) is 5.04. The van der Waals surface area contributed by atoms with Crippen LogP contribution in [0, 0.1) is 18.3 Å². The van der Waals surface area contributed by atoms with E-state index in [4.69, 9.17) is 5.73 Å². The lowest BCUT2D eigenvalue weighted by Gasteiger charge is -2.34. The minimum atomic E-state index is -0.394. The molecule has 8 heteroatoms. The molecule has 39 heavy (non-hydrogen) atoms. The predicted octanol–water partition coefficient (Wildman–Crippen LogP) is 5.30. The number of nitrogens with zero attached hydrogens (tertiary/aromatic N) is 2. The maximum Gasteiger partial charge on any atom is 0.243 e. The van der Waals surface area contributed by atoms with E-state index in [1.807, 2.05) is 45.3 Å². The number of aromatic nitrogens is 1. The van der Waals surface area contributed by atoms with E-state index >= 15 is 0 Å². The zero-order chi connectivity index (χ0) is 29.2. The monoisotopic (exact) mass is 555 g/mol. The van der Waals surface area contributed by atoms with Gasteiger partial charge in [-0.15, -0.1) is 17.9 Å². The van der Waals surface area contributed by atoms with Gasteiger partial charge in [0.1, 0.15) is 6.04 Å². The van der Waals surface area contributed by atoms with Crippen molar-refractivity contribution in [1.29, 1.82) is 0 Å². The first-order chi connectivity index (χ1) is 18.4. The Morgan fingerprint density at radius 3 is 2.44 bits per heavy atom. The standard InChI is InChI=1S/C23H32N4O2S.C8H17N/c1-15-19(30-14-26-15)17-10-8-16(9-11-17)13-25-21(28)18-7-6-12-27(18)22(29)20(24-5)23(2,3)4;1-7(2)6-8(3)4-5-9/h8-11,14,18,20,24H,6-7,12-13H2,1-5H3,(H,25,28);8H,1,4-6,9H2,2-3H3. The van der Waals surface area contributed by atoms with Crippen molar-refractivity contribution in [2.24, 2.45) is 17.1 Å². The number of nitrogens with one attached hydrogen (secondary N) is 2. The highest BCUT2D eigenvalue weighted by atomic mass is 32.1. The molecule has 3 unspecified atom stereocenters. The molecule has 2 aromatic rings. The summed E-state index contributed by atoms with van der Waals surface area (Å²) in [6, 6.07) is 7.48. The first-order valence-corrected chi connectivity index (χ1v) is 14.9. The Labute approximate surface area is 239 Å². The topological polar surface area (TPSA) is 100 Å². The molecule has 1 saturated heterocycles. The molecule has 7 nitrogen and oxygen atoms in total. The fraction of sp³-hybridized carbons (Fsp3) is 0.581. The van der Waals surface area contributed by atoms with Gasteiger partial charge in [0, 0.05) is 13.1 Å². The molecule has 2 amide bonds. The van der Waals surface area contributed by atoms with Crippen molar-refractivity contribution in [1.82, 2.24) is 20.5 Å². The average molecular weight is 556 g/mol. The van der Waals surface area contributed by atoms with Crippen LogP contribution in [0.5, 0.6) is 0 Å². The zero-order valence-electron chi connectivity index (χ0n) is 25.0. The van der Waals surface area contributed by atoms with Gasteiger partial charge in [-0.05, 0) is 75.6 Å². The van der Waals surface area contributed by atoms with Crippen LogP contribution in [-0.4, -0.2) is 53.9 Å². The number of benzene rings is 1. The quantitative estimate of drug-likeness (QED) is 0.346. The van der Waals surface area contributed by atoms with Gasteiger partial charge in [-0.2, -0.15) is 0 Å². The Bertz CT molecular complexity index is 1070. The lowest BCUT2D eigenvalue weighted by Crippen LogP contribution is -2.55. The van der Waals surface area contributed by atoms with Crippen LogP contribution in [0.2, 0.25) is 0 Å². The lowest BCUT2D eigenvalue weighted by molar-refractivity contribution is -0.142. The van der Waals surface area contributed by atoms with Gasteiger partial charge >= 0.3 is 0 Å². The lowest BCUT2D eigenvalue weighted by atomic mass is 9.86. The Kier molecular flexibility index (Phi) is 12.8. The first-order valence-electron chi connectivity index (χ1n) is 14.0. The summed E-state index contributed by atoms with van der Waals surface area (Å²) in [4.78, 5) is 33.1. The molecule has 3 rings (SSSR count). The first kappa shape index (κ1) is 32.7. The van der Waals surface area contributed by atoms with Crippen molar-refractivity contribution < 1.29 is 9.59 Å². The number of thiazole rings is 1. The van der Waals surface area contributed by atoms with Gasteiger partial charge in [-0.3, -0.25) is 9.59 Å². The second-order valence-electron chi connectivity index (χ2n) is 11.8. The molecule has 4 N–H and O–H groups in total. The summed E-state index contributed by atoms with van der Waals surface area (Å²) in [5, 5.41) is 6.15. The average Bonchev–Trinajstić information content (AvgIpc) is 3.52. The number of carbonyl (C=O) groups is 2. The SMILES string of the molecule is C=C(C)CC(C)CCN.CNC(C(=O)N1CCCC1C(=O)NCc1ccc(-c2scnc2C)cc1)C(C)(C)C. The van der Waals surface area contributed by atoms with Crippen LogP contribution in [0.25, 0.3) is 10.4 Å². The summed E-state index contributed by atoms with van der Waals surface area (Å²) < 4.78 is 0. The molecule has 0 saturated carbocycles. The Balaban J connectivity index is 0.000000510. The number of likely N-dealkylation sites (tertiary alicyclic amines) is 1. The van der Waals surface area contributed by atoms with E-state index in [2.05, 4.69) is 48.2 Å². The van der Waals surface area contributed by atoms with Gasteiger partial charge in [0.25, 0.3) is 0 Å². The van der Waals surface area contributed by atoms with Crippen molar-refractivity contribution in [2.45, 2.75) is 85.9 Å². The van der Waals surface area contributed by atoms with E-state index in [1.165, 1.54) is 10.5 Å². The van der Waals surface area contributed by atoms with Crippen LogP contribution in [-0.2, 0) is 16.1 Å². The summed E-state index contributed by atoms with van der Waals surface area (Å²) >= 11 is 1.63. The molecule has 0 aliphatic carbocycles. The summed E-state index contributed by atoms with van der Waals surface area (Å²) in [5.41, 5.74) is 11.5. The van der Waals surface area contributed by atoms with Crippen molar-refractivity contribution >= 4 is 23.2 Å². The van der Waals surface area contributed by atoms with Crippen molar-refractivity contribution in [3.05, 3.63) is 53.2 Å². The summed E-state index contributed by atoms with van der Waals surface area (Å²) in [5.74, 6) is 0.645. The van der Waals surface area contributed by atoms with Crippen molar-refractivity contribution in [3.8, 4) is 10.4 Å². The summed E-state index contributed by atoms with van der Waals surface area (Å²) in [6.07, 6.45) is 3.80. The van der Waals surface area contributed by atoms with E-state index in [-0.39, 0.29) is 23.3 Å². The van der Waals surface area contributed by atoms with Crippen molar-refractivity contribution in [2.75, 3.05) is 20.1 Å². The Hall–Kier alpha value is -2.55. The number of nitrogens with two attached hydrogens (primary N) is 1. The highest BCUT2D eigenvalue weighted by Gasteiger charge is 2.40. The molecule has 1 fully saturated rings. The van der Waals surface area contributed by atoms with Gasteiger partial charge in [0.2, 0.25) is 11.8 Å². The number of carbonyl (C=O) groups excluding carboxylic acids is 2. The van der Waals surface area contributed by atoms with Crippen molar-refractivity contribution in [3.63, 3.8) is 0 Å². The zero-order valence-corrected chi connectivity index (χ0v) is 25.8. The highest BCUT2D eigenvalue weighted by Crippen LogP contribution is 2.28. The third-order valence-electron chi connectivity index (χ3n) is 7.02. The number of hydrogen-bond acceptors (Lipinski definition) is 6. The minimum Gasteiger partial charge on any atom is -0.350 e. The van der Waals surface area contributed by atoms with E-state index in [9.17, 15) is 9.59 Å². The normalized spacial score (nSPS) is 16.7. The second kappa shape index (κ2) is 15.3. The molecule has 1 aliphatic rings. The van der Waals surface area contributed by atoms with Gasteiger partial charge in [0.05, 0.1) is 22.1 Å². The largest absolute Gasteiger partial charge is 0.350 e. The van der Waals surface area contributed by atoms with E-state index < -0.39 is 6.04 Å². The van der Waals surface area contributed by atoms with Crippen LogP contribution < -0.4 is 16.4 Å². The maximum atomic E-state index is 13.1. The third-order valence-corrected chi connectivity index (χ3v) is 8.00. The molecule has 1 aromatic carbocycles. The molecule has 2 heterocycles. The number of likely N-dealkylation sites (N-methyl/N-ethyl adjacent to an activating group) is 1. The smallest absolute Gasteiger partial charge is 0.243 e. The molecule has 1 aliphatic heterocycles. The molecular formula is C31H49N5O2S. The van der Waals surface area contributed by atoms with E-state index in [0.717, 1.165) is 42.6 Å². The molecule has 0 radical (unpaired) electrons. The molecule has 3 atom stereocenters. The number of hydrogen-bond donors (Lipinski definition) is 3. The number of allylic oxidation sites excluding steroid dienone is 1. The van der Waals surface area contributed by atoms with E-state index in [0.29, 0.717) is 25.4 Å². The minimum absolute atomic E-state index is 0.00642. The molecular weight excluding hydrogens is 506 g/mol. The Morgan fingerprint density at radius 2 is 1.92 bits per heavy atom. The van der Waals surface area contributed by atoms with Gasteiger partial charge in [0.15, 0.2) is 0 Å².